The van der Waals surface area contributed by atoms with Crippen molar-refractivity contribution < 1.29 is 18.8 Å². The zero-order valence-corrected chi connectivity index (χ0v) is 9.30. The number of barbiturate groups is 1. The van der Waals surface area contributed by atoms with E-state index in [1.165, 1.54) is 0 Å². The SMILES string of the molecule is CCC1(C(C)CCF)C(=O)NC(=O)NC1=O. The molecule has 1 heterocycles. The predicted molar refractivity (Wildman–Crippen MR) is 54.2 cm³/mol. The normalized spacial score (nSPS) is 21.3. The molecule has 4 amide bonds. The first-order chi connectivity index (χ1) is 7.48. The lowest BCUT2D eigenvalue weighted by molar-refractivity contribution is -0.148. The monoisotopic (exact) mass is 230 g/mol. The van der Waals surface area contributed by atoms with E-state index < -0.39 is 35.9 Å². The molecule has 0 aromatic carbocycles. The third-order valence-electron chi connectivity index (χ3n) is 3.21. The summed E-state index contributed by atoms with van der Waals surface area (Å²) in [6, 6.07) is -0.813. The second-order valence-corrected chi connectivity index (χ2v) is 3.94. The second kappa shape index (κ2) is 4.59. The zero-order valence-electron chi connectivity index (χ0n) is 9.30. The van der Waals surface area contributed by atoms with Gasteiger partial charge in [-0.15, -0.1) is 0 Å². The van der Waals surface area contributed by atoms with E-state index in [4.69, 9.17) is 0 Å². The summed E-state index contributed by atoms with van der Waals surface area (Å²) in [5.74, 6) is -1.72. The third-order valence-corrected chi connectivity index (χ3v) is 3.21. The number of alkyl halides is 1. The maximum absolute atomic E-state index is 12.3. The summed E-state index contributed by atoms with van der Waals surface area (Å²) in [6.45, 7) is 2.71. The van der Waals surface area contributed by atoms with Gasteiger partial charge in [-0.1, -0.05) is 13.8 Å². The van der Waals surface area contributed by atoms with Crippen LogP contribution in [0.5, 0.6) is 0 Å². The summed E-state index contributed by atoms with van der Waals surface area (Å²) in [5, 5.41) is 4.12. The molecule has 1 atom stereocenters. The third kappa shape index (κ3) is 1.79. The van der Waals surface area contributed by atoms with Crippen LogP contribution in [0, 0.1) is 11.3 Å². The number of hydrogen-bond donors (Lipinski definition) is 2. The Balaban J connectivity index is 3.05. The van der Waals surface area contributed by atoms with Gasteiger partial charge < -0.3 is 0 Å². The molecule has 1 rings (SSSR count). The van der Waals surface area contributed by atoms with Gasteiger partial charge in [0.25, 0.3) is 0 Å². The van der Waals surface area contributed by atoms with Crippen LogP contribution in [-0.4, -0.2) is 24.5 Å². The Morgan fingerprint density at radius 1 is 1.25 bits per heavy atom. The highest BCUT2D eigenvalue weighted by Crippen LogP contribution is 2.36. The van der Waals surface area contributed by atoms with E-state index >= 15 is 0 Å². The fraction of sp³-hybridized carbons (Fsp3) is 0.700. The van der Waals surface area contributed by atoms with Gasteiger partial charge in [-0.25, -0.2) is 4.79 Å². The summed E-state index contributed by atoms with van der Waals surface area (Å²) >= 11 is 0. The number of hydrogen-bond acceptors (Lipinski definition) is 3. The van der Waals surface area contributed by atoms with Gasteiger partial charge in [0.1, 0.15) is 5.41 Å². The number of halogens is 1. The molecule has 1 aliphatic rings. The number of carbonyl (C=O) groups excluding carboxylic acids is 3. The molecule has 5 nitrogen and oxygen atoms in total. The molecule has 1 fully saturated rings. The average molecular weight is 230 g/mol. The molecule has 90 valence electrons. The van der Waals surface area contributed by atoms with Gasteiger partial charge in [0, 0.05) is 0 Å². The van der Waals surface area contributed by atoms with Crippen molar-refractivity contribution >= 4 is 17.8 Å². The summed E-state index contributed by atoms with van der Waals surface area (Å²) in [5.41, 5.74) is -1.33. The van der Waals surface area contributed by atoms with E-state index in [1.54, 1.807) is 13.8 Å². The lowest BCUT2D eigenvalue weighted by Crippen LogP contribution is -2.64. The van der Waals surface area contributed by atoms with E-state index in [0.717, 1.165) is 0 Å². The number of imide groups is 2. The van der Waals surface area contributed by atoms with Crippen LogP contribution >= 0.6 is 0 Å². The van der Waals surface area contributed by atoms with Gasteiger partial charge in [-0.3, -0.25) is 24.6 Å². The number of rotatable bonds is 4. The van der Waals surface area contributed by atoms with Crippen LogP contribution in [0.15, 0.2) is 0 Å². The fourth-order valence-corrected chi connectivity index (χ4v) is 2.09. The molecule has 0 aliphatic carbocycles. The lowest BCUT2D eigenvalue weighted by Gasteiger charge is -2.37. The molecule has 0 radical (unpaired) electrons. The molecule has 2 N–H and O–H groups in total. The van der Waals surface area contributed by atoms with Gasteiger partial charge in [0.15, 0.2) is 0 Å². The molecule has 0 spiro atoms. The highest BCUT2D eigenvalue weighted by Gasteiger charge is 2.52. The molecule has 0 aromatic rings. The minimum atomic E-state index is -1.33. The van der Waals surface area contributed by atoms with Crippen molar-refractivity contribution in [2.24, 2.45) is 11.3 Å². The quantitative estimate of drug-likeness (QED) is 0.699. The minimum Gasteiger partial charge on any atom is -0.277 e. The predicted octanol–water partition coefficient (Wildman–Crippen LogP) is 0.744. The first-order valence-electron chi connectivity index (χ1n) is 5.21. The van der Waals surface area contributed by atoms with Gasteiger partial charge in [0.2, 0.25) is 11.8 Å². The Morgan fingerprint density at radius 3 is 2.12 bits per heavy atom. The molecule has 1 saturated heterocycles. The lowest BCUT2D eigenvalue weighted by atomic mass is 9.70. The standard InChI is InChI=1S/C10H15FN2O3/c1-3-10(6(2)4-5-11)7(14)12-9(16)13-8(10)15/h6H,3-5H2,1-2H3,(H2,12,13,14,15,16). The second-order valence-electron chi connectivity index (χ2n) is 3.94. The summed E-state index contributed by atoms with van der Waals surface area (Å²) in [4.78, 5) is 34.5. The van der Waals surface area contributed by atoms with Crippen molar-refractivity contribution in [1.29, 1.82) is 0 Å². The van der Waals surface area contributed by atoms with E-state index in [2.05, 4.69) is 10.6 Å². The van der Waals surface area contributed by atoms with Crippen LogP contribution in [0.4, 0.5) is 9.18 Å². The molecule has 1 unspecified atom stereocenters. The Bertz CT molecular complexity index is 310. The first-order valence-corrected chi connectivity index (χ1v) is 5.21. The smallest absolute Gasteiger partial charge is 0.277 e. The number of nitrogens with one attached hydrogen (secondary N) is 2. The molecular formula is C10H15FN2O3. The largest absolute Gasteiger partial charge is 0.328 e. The van der Waals surface area contributed by atoms with Crippen molar-refractivity contribution in [2.45, 2.75) is 26.7 Å². The molecular weight excluding hydrogens is 215 g/mol. The maximum atomic E-state index is 12.3. The van der Waals surface area contributed by atoms with Crippen molar-refractivity contribution in [1.82, 2.24) is 10.6 Å². The van der Waals surface area contributed by atoms with Crippen molar-refractivity contribution in [3.05, 3.63) is 0 Å². The van der Waals surface area contributed by atoms with Crippen LogP contribution in [-0.2, 0) is 9.59 Å². The zero-order chi connectivity index (χ0) is 12.3. The maximum Gasteiger partial charge on any atom is 0.328 e. The molecule has 1 aliphatic heterocycles. The Hall–Kier alpha value is -1.46. The van der Waals surface area contributed by atoms with Gasteiger partial charge in [0.05, 0.1) is 6.67 Å². The molecule has 0 aromatic heterocycles. The molecule has 0 bridgehead atoms. The van der Waals surface area contributed by atoms with E-state index in [1.807, 2.05) is 0 Å². The Morgan fingerprint density at radius 2 is 1.75 bits per heavy atom. The molecule has 0 saturated carbocycles. The van der Waals surface area contributed by atoms with Gasteiger partial charge >= 0.3 is 6.03 Å². The van der Waals surface area contributed by atoms with Crippen LogP contribution in [0.3, 0.4) is 0 Å². The minimum absolute atomic E-state index is 0.114. The number of urea groups is 1. The highest BCUT2D eigenvalue weighted by molar-refractivity contribution is 6.19. The Labute approximate surface area is 92.8 Å². The van der Waals surface area contributed by atoms with Crippen molar-refractivity contribution in [3.63, 3.8) is 0 Å². The van der Waals surface area contributed by atoms with Crippen molar-refractivity contribution in [3.8, 4) is 0 Å². The fourth-order valence-electron chi connectivity index (χ4n) is 2.09. The summed E-state index contributed by atoms with van der Waals surface area (Å²) in [6.07, 6.45) is 0.349. The highest BCUT2D eigenvalue weighted by atomic mass is 19.1. The van der Waals surface area contributed by atoms with E-state index in [0.29, 0.717) is 0 Å². The number of amides is 4. The number of carbonyl (C=O) groups is 3. The van der Waals surface area contributed by atoms with Crippen LogP contribution in [0.1, 0.15) is 26.7 Å². The average Bonchev–Trinajstić information content (AvgIpc) is 2.18. The molecule has 16 heavy (non-hydrogen) atoms. The van der Waals surface area contributed by atoms with E-state index in [9.17, 15) is 18.8 Å². The van der Waals surface area contributed by atoms with E-state index in [-0.39, 0.29) is 12.8 Å². The van der Waals surface area contributed by atoms with Crippen LogP contribution in [0.25, 0.3) is 0 Å². The summed E-state index contributed by atoms with van der Waals surface area (Å²) < 4.78 is 12.3. The molecule has 6 heteroatoms. The topological polar surface area (TPSA) is 75.3 Å². The van der Waals surface area contributed by atoms with Gasteiger partial charge in [-0.2, -0.15) is 0 Å². The van der Waals surface area contributed by atoms with Crippen molar-refractivity contribution in [2.75, 3.05) is 6.67 Å². The van der Waals surface area contributed by atoms with Gasteiger partial charge in [-0.05, 0) is 18.8 Å². The van der Waals surface area contributed by atoms with Crippen LogP contribution < -0.4 is 10.6 Å². The first kappa shape index (κ1) is 12.6. The summed E-state index contributed by atoms with van der Waals surface area (Å²) in [7, 11) is 0. The Kier molecular flexibility index (Phi) is 3.62. The van der Waals surface area contributed by atoms with Crippen LogP contribution in [0.2, 0.25) is 0 Å².